The van der Waals surface area contributed by atoms with E-state index in [0.717, 1.165) is 6.08 Å². The summed E-state index contributed by atoms with van der Waals surface area (Å²) in [5.74, 6) is -1.44. The summed E-state index contributed by atoms with van der Waals surface area (Å²) in [7, 11) is 0. The Kier molecular flexibility index (Phi) is 4.67. The van der Waals surface area contributed by atoms with E-state index in [4.69, 9.17) is 28.3 Å². The number of carboxylic acids is 1. The first-order valence-electron chi connectivity index (χ1n) is 5.82. The van der Waals surface area contributed by atoms with Crippen molar-refractivity contribution in [2.24, 2.45) is 0 Å². The molecule has 3 N–H and O–H groups in total. The van der Waals surface area contributed by atoms with Crippen LogP contribution in [0, 0.1) is 0 Å². The summed E-state index contributed by atoms with van der Waals surface area (Å²) < 4.78 is 0. The molecule has 0 atom stereocenters. The summed E-state index contributed by atoms with van der Waals surface area (Å²) in [6.07, 6.45) is 2.45. The minimum absolute atomic E-state index is 0.194. The van der Waals surface area contributed by atoms with Crippen LogP contribution in [0.25, 0.3) is 6.08 Å². The summed E-state index contributed by atoms with van der Waals surface area (Å²) in [6.45, 7) is 0. The van der Waals surface area contributed by atoms with E-state index >= 15 is 0 Å². The number of aliphatic carboxylic acids is 1. The van der Waals surface area contributed by atoms with Crippen LogP contribution in [0.5, 0.6) is 0 Å². The number of rotatable bonds is 4. The van der Waals surface area contributed by atoms with E-state index in [1.165, 1.54) is 12.1 Å². The number of aromatic amines is 1. The van der Waals surface area contributed by atoms with Gasteiger partial charge in [-0.25, -0.2) is 4.79 Å². The summed E-state index contributed by atoms with van der Waals surface area (Å²) >= 11 is 11.5. The smallest absolute Gasteiger partial charge is 0.328 e. The van der Waals surface area contributed by atoms with Crippen molar-refractivity contribution in [3.8, 4) is 0 Å². The third-order valence-corrected chi connectivity index (χ3v) is 3.23. The molecule has 1 heterocycles. The van der Waals surface area contributed by atoms with E-state index in [9.17, 15) is 9.59 Å². The maximum absolute atomic E-state index is 12.0. The van der Waals surface area contributed by atoms with Crippen LogP contribution in [-0.4, -0.2) is 22.0 Å². The number of aromatic nitrogens is 1. The van der Waals surface area contributed by atoms with Gasteiger partial charge in [0, 0.05) is 11.8 Å². The van der Waals surface area contributed by atoms with Crippen LogP contribution in [0.15, 0.2) is 36.4 Å². The molecule has 2 rings (SSSR count). The van der Waals surface area contributed by atoms with Crippen molar-refractivity contribution in [3.05, 3.63) is 57.8 Å². The molecule has 0 bridgehead atoms. The molecule has 0 saturated carbocycles. The third kappa shape index (κ3) is 4.11. The van der Waals surface area contributed by atoms with Crippen LogP contribution < -0.4 is 5.32 Å². The van der Waals surface area contributed by atoms with Crippen LogP contribution in [0.3, 0.4) is 0 Å². The molecule has 1 amide bonds. The molecule has 108 valence electrons. The number of hydrogen-bond donors (Lipinski definition) is 3. The van der Waals surface area contributed by atoms with Gasteiger partial charge in [-0.3, -0.25) is 4.79 Å². The standard InChI is InChI=1S/C14H10Cl2N2O3/c15-10-7-11(18-13(10)16)14(21)17-9-3-1-2-8(6-9)4-5-12(19)20/h1-7,18H,(H,17,21)(H,19,20). The Morgan fingerprint density at radius 1 is 1.24 bits per heavy atom. The number of amides is 1. The first-order chi connectivity index (χ1) is 9.95. The molecule has 0 saturated heterocycles. The Morgan fingerprint density at radius 3 is 2.62 bits per heavy atom. The minimum atomic E-state index is -1.04. The van der Waals surface area contributed by atoms with E-state index in [0.29, 0.717) is 11.3 Å². The second-order valence-electron chi connectivity index (χ2n) is 4.10. The maximum atomic E-state index is 12.0. The number of H-pyrrole nitrogens is 1. The van der Waals surface area contributed by atoms with Crippen LogP contribution in [-0.2, 0) is 4.79 Å². The van der Waals surface area contributed by atoms with Crippen molar-refractivity contribution < 1.29 is 14.7 Å². The quantitative estimate of drug-likeness (QED) is 0.750. The number of carbonyl (C=O) groups is 2. The van der Waals surface area contributed by atoms with Crippen LogP contribution >= 0.6 is 23.2 Å². The van der Waals surface area contributed by atoms with Gasteiger partial charge >= 0.3 is 5.97 Å². The zero-order chi connectivity index (χ0) is 15.4. The van der Waals surface area contributed by atoms with Crippen molar-refractivity contribution in [1.29, 1.82) is 0 Å². The topological polar surface area (TPSA) is 82.2 Å². The van der Waals surface area contributed by atoms with Crippen molar-refractivity contribution in [2.45, 2.75) is 0 Å². The molecule has 0 unspecified atom stereocenters. The molecule has 0 aliphatic carbocycles. The monoisotopic (exact) mass is 324 g/mol. The molecular weight excluding hydrogens is 315 g/mol. The molecule has 7 heteroatoms. The number of carbonyl (C=O) groups excluding carboxylic acids is 1. The molecule has 21 heavy (non-hydrogen) atoms. The van der Waals surface area contributed by atoms with Gasteiger partial charge in [0.2, 0.25) is 0 Å². The second-order valence-corrected chi connectivity index (χ2v) is 4.88. The Morgan fingerprint density at radius 2 is 2.00 bits per heavy atom. The molecular formula is C14H10Cl2N2O3. The van der Waals surface area contributed by atoms with Crippen molar-refractivity contribution >= 4 is 46.8 Å². The van der Waals surface area contributed by atoms with E-state index in [2.05, 4.69) is 10.3 Å². The highest BCUT2D eigenvalue weighted by molar-refractivity contribution is 6.41. The van der Waals surface area contributed by atoms with Crippen LogP contribution in [0.2, 0.25) is 10.2 Å². The number of carboxylic acid groups (broad SMARTS) is 1. The number of halogens is 2. The average Bonchev–Trinajstić information content (AvgIpc) is 2.77. The fraction of sp³-hybridized carbons (Fsp3) is 0. The maximum Gasteiger partial charge on any atom is 0.328 e. The van der Waals surface area contributed by atoms with Gasteiger partial charge in [-0.1, -0.05) is 35.3 Å². The SMILES string of the molecule is O=C(O)C=Cc1cccc(NC(=O)c2cc(Cl)c(Cl)[nH]2)c1. The zero-order valence-corrected chi connectivity index (χ0v) is 12.1. The van der Waals surface area contributed by atoms with E-state index in [1.54, 1.807) is 24.3 Å². The molecule has 0 spiro atoms. The van der Waals surface area contributed by atoms with E-state index in [-0.39, 0.29) is 15.9 Å². The summed E-state index contributed by atoms with van der Waals surface area (Å²) in [6, 6.07) is 8.17. The first-order valence-corrected chi connectivity index (χ1v) is 6.58. The van der Waals surface area contributed by atoms with Crippen LogP contribution in [0.1, 0.15) is 16.1 Å². The lowest BCUT2D eigenvalue weighted by Gasteiger charge is -2.04. The van der Waals surface area contributed by atoms with Crippen molar-refractivity contribution in [1.82, 2.24) is 4.98 Å². The highest BCUT2D eigenvalue weighted by atomic mass is 35.5. The average molecular weight is 325 g/mol. The second kappa shape index (κ2) is 6.47. The first kappa shape index (κ1) is 15.2. The molecule has 2 aromatic rings. The number of nitrogens with one attached hydrogen (secondary N) is 2. The van der Waals surface area contributed by atoms with Gasteiger partial charge in [-0.05, 0) is 29.8 Å². The summed E-state index contributed by atoms with van der Waals surface area (Å²) in [5.41, 5.74) is 1.41. The van der Waals surface area contributed by atoms with Gasteiger partial charge in [0.25, 0.3) is 5.91 Å². The number of hydrogen-bond acceptors (Lipinski definition) is 2. The highest BCUT2D eigenvalue weighted by Crippen LogP contribution is 2.22. The number of benzene rings is 1. The normalized spacial score (nSPS) is 10.8. The van der Waals surface area contributed by atoms with Gasteiger partial charge < -0.3 is 15.4 Å². The van der Waals surface area contributed by atoms with Crippen molar-refractivity contribution in [2.75, 3.05) is 5.32 Å². The van der Waals surface area contributed by atoms with Crippen LogP contribution in [0.4, 0.5) is 5.69 Å². The predicted molar refractivity (Wildman–Crippen MR) is 81.9 cm³/mol. The van der Waals surface area contributed by atoms with E-state index < -0.39 is 11.9 Å². The molecule has 0 fully saturated rings. The molecule has 0 aliphatic rings. The van der Waals surface area contributed by atoms with Gasteiger partial charge in [-0.2, -0.15) is 0 Å². The molecule has 0 aliphatic heterocycles. The Balaban J connectivity index is 2.14. The molecule has 5 nitrogen and oxygen atoms in total. The Bertz CT molecular complexity index is 703. The molecule has 1 aromatic carbocycles. The molecule has 0 radical (unpaired) electrons. The highest BCUT2D eigenvalue weighted by Gasteiger charge is 2.11. The third-order valence-electron chi connectivity index (χ3n) is 2.53. The molecule has 1 aromatic heterocycles. The lowest BCUT2D eigenvalue weighted by atomic mass is 10.2. The van der Waals surface area contributed by atoms with Gasteiger partial charge in [0.1, 0.15) is 10.8 Å². The van der Waals surface area contributed by atoms with Gasteiger partial charge in [-0.15, -0.1) is 0 Å². The number of anilines is 1. The Labute approximate surface area is 130 Å². The van der Waals surface area contributed by atoms with E-state index in [1.807, 2.05) is 0 Å². The van der Waals surface area contributed by atoms with Gasteiger partial charge in [0.15, 0.2) is 0 Å². The fourth-order valence-corrected chi connectivity index (χ4v) is 1.93. The lowest BCUT2D eigenvalue weighted by Crippen LogP contribution is -2.12. The Hall–Kier alpha value is -2.24. The summed E-state index contributed by atoms with van der Waals surface area (Å²) in [4.78, 5) is 25.1. The van der Waals surface area contributed by atoms with Crippen molar-refractivity contribution in [3.63, 3.8) is 0 Å². The summed E-state index contributed by atoms with van der Waals surface area (Å²) in [5, 5.41) is 11.7. The predicted octanol–water partition coefficient (Wildman–Crippen LogP) is 3.67. The lowest BCUT2D eigenvalue weighted by molar-refractivity contribution is -0.131. The largest absolute Gasteiger partial charge is 0.478 e. The zero-order valence-electron chi connectivity index (χ0n) is 10.6. The minimum Gasteiger partial charge on any atom is -0.478 e. The fourth-order valence-electron chi connectivity index (χ4n) is 1.61. The van der Waals surface area contributed by atoms with Gasteiger partial charge in [0.05, 0.1) is 5.02 Å².